The Morgan fingerprint density at radius 2 is 2.20 bits per heavy atom. The van der Waals surface area contributed by atoms with Crippen LogP contribution >= 0.6 is 23.2 Å². The highest BCUT2D eigenvalue weighted by Gasteiger charge is 2.06. The number of carbonyl (C=O) groups is 1. The summed E-state index contributed by atoms with van der Waals surface area (Å²) < 4.78 is 1.63. The fourth-order valence-corrected chi connectivity index (χ4v) is 1.97. The van der Waals surface area contributed by atoms with Crippen LogP contribution in [0.2, 0.25) is 10.0 Å². The standard InChI is InChI=1S/C12H13Cl2N5O/c13-9-1-2-11(14)8(3-9)6-19-7-10(17-18-19)5-16-12(20)4-15/h1-3,7H,4-6,15H2,(H,16,20). The van der Waals surface area contributed by atoms with Crippen LogP contribution in [0.15, 0.2) is 24.4 Å². The van der Waals surface area contributed by atoms with Gasteiger partial charge in [-0.1, -0.05) is 28.4 Å². The average Bonchev–Trinajstić information content (AvgIpc) is 2.88. The van der Waals surface area contributed by atoms with Crippen molar-refractivity contribution in [2.45, 2.75) is 13.1 Å². The molecule has 0 atom stereocenters. The minimum absolute atomic E-state index is 0.0493. The zero-order valence-corrected chi connectivity index (χ0v) is 12.0. The molecule has 0 aliphatic heterocycles. The molecule has 1 amide bonds. The summed E-state index contributed by atoms with van der Waals surface area (Å²) >= 11 is 12.0. The number of hydrogen-bond acceptors (Lipinski definition) is 4. The summed E-state index contributed by atoms with van der Waals surface area (Å²) in [4.78, 5) is 11.0. The molecule has 0 aliphatic rings. The predicted molar refractivity (Wildman–Crippen MR) is 76.5 cm³/mol. The maximum Gasteiger partial charge on any atom is 0.234 e. The number of hydrogen-bond donors (Lipinski definition) is 2. The van der Waals surface area contributed by atoms with E-state index < -0.39 is 0 Å². The Morgan fingerprint density at radius 1 is 1.40 bits per heavy atom. The van der Waals surface area contributed by atoms with Gasteiger partial charge in [-0.15, -0.1) is 5.10 Å². The third-order valence-corrected chi connectivity index (χ3v) is 3.18. The molecule has 0 saturated carbocycles. The van der Waals surface area contributed by atoms with Crippen LogP contribution in [0, 0.1) is 0 Å². The summed E-state index contributed by atoms with van der Waals surface area (Å²) in [7, 11) is 0. The molecule has 106 valence electrons. The molecule has 1 aromatic carbocycles. The van der Waals surface area contributed by atoms with Crippen LogP contribution in [0.4, 0.5) is 0 Å². The van der Waals surface area contributed by atoms with E-state index in [9.17, 15) is 4.79 Å². The topological polar surface area (TPSA) is 85.8 Å². The number of amides is 1. The number of nitrogens with zero attached hydrogens (tertiary/aromatic N) is 3. The van der Waals surface area contributed by atoms with Crippen LogP contribution in [0.3, 0.4) is 0 Å². The molecular weight excluding hydrogens is 301 g/mol. The van der Waals surface area contributed by atoms with Gasteiger partial charge in [0.2, 0.25) is 5.91 Å². The first-order valence-corrected chi connectivity index (χ1v) is 6.64. The number of carbonyl (C=O) groups excluding carboxylic acids is 1. The molecule has 6 nitrogen and oxygen atoms in total. The van der Waals surface area contributed by atoms with E-state index in [0.717, 1.165) is 5.56 Å². The molecule has 0 saturated heterocycles. The molecule has 2 aromatic rings. The lowest BCUT2D eigenvalue weighted by Crippen LogP contribution is -2.29. The minimum atomic E-state index is -0.238. The van der Waals surface area contributed by atoms with Crippen molar-refractivity contribution in [2.24, 2.45) is 5.73 Å². The van der Waals surface area contributed by atoms with Gasteiger partial charge in [-0.2, -0.15) is 0 Å². The number of aromatic nitrogens is 3. The molecule has 8 heteroatoms. The van der Waals surface area contributed by atoms with Crippen LogP contribution in [0.5, 0.6) is 0 Å². The lowest BCUT2D eigenvalue weighted by atomic mass is 10.2. The van der Waals surface area contributed by atoms with Crippen molar-refractivity contribution in [1.82, 2.24) is 20.3 Å². The van der Waals surface area contributed by atoms with Gasteiger partial charge in [-0.3, -0.25) is 4.79 Å². The number of halogens is 2. The van der Waals surface area contributed by atoms with E-state index in [4.69, 9.17) is 28.9 Å². The van der Waals surface area contributed by atoms with Crippen LogP contribution in [-0.4, -0.2) is 27.4 Å². The van der Waals surface area contributed by atoms with Crippen LogP contribution in [-0.2, 0) is 17.9 Å². The second-order valence-corrected chi connectivity index (χ2v) is 4.97. The Hall–Kier alpha value is -1.63. The monoisotopic (exact) mass is 313 g/mol. The highest BCUT2D eigenvalue weighted by atomic mass is 35.5. The molecule has 0 bridgehead atoms. The first kappa shape index (κ1) is 14.8. The highest BCUT2D eigenvalue weighted by molar-refractivity contribution is 6.33. The van der Waals surface area contributed by atoms with Gasteiger partial charge in [0.25, 0.3) is 0 Å². The van der Waals surface area contributed by atoms with Crippen molar-refractivity contribution in [3.8, 4) is 0 Å². The minimum Gasteiger partial charge on any atom is -0.349 e. The molecule has 1 aromatic heterocycles. The van der Waals surface area contributed by atoms with E-state index in [1.165, 1.54) is 0 Å². The molecule has 0 unspecified atom stereocenters. The molecule has 20 heavy (non-hydrogen) atoms. The van der Waals surface area contributed by atoms with Gasteiger partial charge in [0.15, 0.2) is 0 Å². The SMILES string of the molecule is NCC(=O)NCc1cn(Cc2cc(Cl)ccc2Cl)nn1. The first-order valence-electron chi connectivity index (χ1n) is 5.88. The van der Waals surface area contributed by atoms with Gasteiger partial charge in [0.1, 0.15) is 5.69 Å². The van der Waals surface area contributed by atoms with E-state index in [-0.39, 0.29) is 12.5 Å². The lowest BCUT2D eigenvalue weighted by molar-refractivity contribution is -0.119. The van der Waals surface area contributed by atoms with E-state index in [1.54, 1.807) is 29.1 Å². The predicted octanol–water partition coefficient (Wildman–Crippen LogP) is 1.21. The molecule has 0 spiro atoms. The average molecular weight is 314 g/mol. The number of rotatable bonds is 5. The summed E-state index contributed by atoms with van der Waals surface area (Å²) in [6.45, 7) is 0.697. The zero-order valence-electron chi connectivity index (χ0n) is 10.5. The van der Waals surface area contributed by atoms with Crippen molar-refractivity contribution >= 4 is 29.1 Å². The van der Waals surface area contributed by atoms with E-state index in [0.29, 0.717) is 28.8 Å². The molecule has 2 rings (SSSR count). The van der Waals surface area contributed by atoms with Gasteiger partial charge in [-0.25, -0.2) is 4.68 Å². The highest BCUT2D eigenvalue weighted by Crippen LogP contribution is 2.21. The summed E-state index contributed by atoms with van der Waals surface area (Å²) in [6.07, 6.45) is 1.73. The second kappa shape index (κ2) is 6.69. The van der Waals surface area contributed by atoms with Gasteiger partial charge in [0, 0.05) is 10.0 Å². The van der Waals surface area contributed by atoms with Crippen molar-refractivity contribution in [3.63, 3.8) is 0 Å². The molecule has 0 aliphatic carbocycles. The largest absolute Gasteiger partial charge is 0.349 e. The maximum atomic E-state index is 11.0. The third-order valence-electron chi connectivity index (χ3n) is 2.58. The third kappa shape index (κ3) is 3.93. The van der Waals surface area contributed by atoms with Gasteiger partial charge < -0.3 is 11.1 Å². The zero-order chi connectivity index (χ0) is 14.5. The number of nitrogens with one attached hydrogen (secondary N) is 1. The maximum absolute atomic E-state index is 11.0. The Labute approximate surface area is 125 Å². The van der Waals surface area contributed by atoms with E-state index >= 15 is 0 Å². The summed E-state index contributed by atoms with van der Waals surface area (Å²) in [5.74, 6) is -0.238. The van der Waals surface area contributed by atoms with Gasteiger partial charge in [-0.05, 0) is 23.8 Å². The molecule has 0 radical (unpaired) electrons. The normalized spacial score (nSPS) is 10.6. The van der Waals surface area contributed by atoms with Crippen molar-refractivity contribution in [1.29, 1.82) is 0 Å². The Kier molecular flexibility index (Phi) is 4.94. The van der Waals surface area contributed by atoms with Gasteiger partial charge >= 0.3 is 0 Å². The second-order valence-electron chi connectivity index (χ2n) is 4.12. The van der Waals surface area contributed by atoms with E-state index in [2.05, 4.69) is 15.6 Å². The number of nitrogens with two attached hydrogens (primary N) is 1. The van der Waals surface area contributed by atoms with Gasteiger partial charge in [0.05, 0.1) is 25.8 Å². The lowest BCUT2D eigenvalue weighted by Gasteiger charge is -2.04. The van der Waals surface area contributed by atoms with Crippen LogP contribution < -0.4 is 11.1 Å². The molecule has 0 fully saturated rings. The smallest absolute Gasteiger partial charge is 0.234 e. The fraction of sp³-hybridized carbons (Fsp3) is 0.250. The van der Waals surface area contributed by atoms with Crippen LogP contribution in [0.25, 0.3) is 0 Å². The number of benzene rings is 1. The Morgan fingerprint density at radius 3 is 2.95 bits per heavy atom. The van der Waals surface area contributed by atoms with E-state index in [1.807, 2.05) is 0 Å². The van der Waals surface area contributed by atoms with Crippen molar-refractivity contribution < 1.29 is 4.79 Å². The summed E-state index contributed by atoms with van der Waals surface area (Å²) in [5.41, 5.74) is 6.69. The quantitative estimate of drug-likeness (QED) is 0.868. The summed E-state index contributed by atoms with van der Waals surface area (Å²) in [6, 6.07) is 5.24. The van der Waals surface area contributed by atoms with Crippen molar-refractivity contribution in [3.05, 3.63) is 45.7 Å². The van der Waals surface area contributed by atoms with Crippen LogP contribution in [0.1, 0.15) is 11.3 Å². The molecule has 3 N–H and O–H groups in total. The first-order chi connectivity index (χ1) is 9.58. The molecular formula is C12H13Cl2N5O. The molecule has 1 heterocycles. The Bertz CT molecular complexity index is 614. The summed E-state index contributed by atoms with van der Waals surface area (Å²) in [5, 5.41) is 11.8. The fourth-order valence-electron chi connectivity index (χ4n) is 1.60. The Balaban J connectivity index is 2.02. The van der Waals surface area contributed by atoms with Crippen molar-refractivity contribution in [2.75, 3.05) is 6.54 Å².